The molecule has 0 fully saturated rings. The Bertz CT molecular complexity index is 781. The predicted octanol–water partition coefficient (Wildman–Crippen LogP) is 2.49. The van der Waals surface area contributed by atoms with E-state index in [0.29, 0.717) is 17.1 Å². The lowest BCUT2D eigenvalue weighted by molar-refractivity contribution is 0.646. The molecule has 0 aliphatic rings. The molecule has 0 radical (unpaired) electrons. The number of halogens is 1. The summed E-state index contributed by atoms with van der Waals surface area (Å²) < 4.78 is 1.42. The van der Waals surface area contributed by atoms with Crippen LogP contribution in [0.15, 0.2) is 53.6 Å². The summed E-state index contributed by atoms with van der Waals surface area (Å²) in [6.07, 6.45) is 3.34. The van der Waals surface area contributed by atoms with E-state index in [1.807, 2.05) is 24.3 Å². The van der Waals surface area contributed by atoms with Gasteiger partial charge >= 0.3 is 0 Å². The Labute approximate surface area is 114 Å². The summed E-state index contributed by atoms with van der Waals surface area (Å²) in [5.74, 6) is 0. The lowest BCUT2D eigenvalue weighted by Gasteiger charge is -2.05. The summed E-state index contributed by atoms with van der Waals surface area (Å²) in [7, 11) is 0. The summed E-state index contributed by atoms with van der Waals surface area (Å²) in [4.78, 5) is 16.2. The maximum absolute atomic E-state index is 12.3. The second-order valence-electron chi connectivity index (χ2n) is 4.18. The second kappa shape index (κ2) is 4.82. The van der Waals surface area contributed by atoms with Crippen LogP contribution in [0.25, 0.3) is 10.8 Å². The molecule has 3 aromatic rings. The highest BCUT2D eigenvalue weighted by molar-refractivity contribution is 6.29. The number of hydrogen-bond donors (Lipinski definition) is 0. The van der Waals surface area contributed by atoms with Crippen LogP contribution in [0.5, 0.6) is 0 Å². The van der Waals surface area contributed by atoms with Crippen LogP contribution >= 0.6 is 11.6 Å². The summed E-state index contributed by atoms with van der Waals surface area (Å²) in [6.45, 7) is 0.383. The predicted molar refractivity (Wildman–Crippen MR) is 74.4 cm³/mol. The van der Waals surface area contributed by atoms with Crippen LogP contribution in [0.1, 0.15) is 5.56 Å². The lowest BCUT2D eigenvalue weighted by Crippen LogP contribution is -2.23. The van der Waals surface area contributed by atoms with E-state index < -0.39 is 0 Å². The zero-order valence-electron chi connectivity index (χ0n) is 9.95. The van der Waals surface area contributed by atoms with Crippen LogP contribution in [0.4, 0.5) is 0 Å². The minimum absolute atomic E-state index is 0.104. The van der Waals surface area contributed by atoms with Gasteiger partial charge in [-0.25, -0.2) is 9.67 Å². The molecule has 0 bridgehead atoms. The molecule has 0 atom stereocenters. The molecule has 0 N–H and O–H groups in total. The van der Waals surface area contributed by atoms with Gasteiger partial charge in [-0.05, 0) is 17.7 Å². The van der Waals surface area contributed by atoms with Gasteiger partial charge in [-0.2, -0.15) is 5.10 Å². The van der Waals surface area contributed by atoms with E-state index in [0.717, 1.165) is 10.9 Å². The third kappa shape index (κ3) is 2.35. The first-order chi connectivity index (χ1) is 9.24. The third-order valence-electron chi connectivity index (χ3n) is 2.88. The van der Waals surface area contributed by atoms with Crippen molar-refractivity contribution in [2.45, 2.75) is 6.54 Å². The molecule has 5 heteroatoms. The molecule has 0 spiro atoms. The van der Waals surface area contributed by atoms with E-state index in [1.165, 1.54) is 4.68 Å². The topological polar surface area (TPSA) is 47.8 Å². The molecule has 2 heterocycles. The molecule has 94 valence electrons. The number of fused-ring (bicyclic) bond motifs is 1. The summed E-state index contributed by atoms with van der Waals surface area (Å²) in [6, 6.07) is 10.9. The molecule has 0 aliphatic carbocycles. The SMILES string of the molecule is O=c1c2ccccc2cnn1Cc1ccc(Cl)nc1. The monoisotopic (exact) mass is 271 g/mol. The van der Waals surface area contributed by atoms with Crippen molar-refractivity contribution < 1.29 is 0 Å². The van der Waals surface area contributed by atoms with Gasteiger partial charge in [-0.15, -0.1) is 0 Å². The van der Waals surface area contributed by atoms with Gasteiger partial charge in [0.25, 0.3) is 5.56 Å². The number of aromatic nitrogens is 3. The first kappa shape index (κ1) is 11.9. The van der Waals surface area contributed by atoms with Gasteiger partial charge in [0.05, 0.1) is 18.1 Å². The molecule has 4 nitrogen and oxygen atoms in total. The number of benzene rings is 1. The molecular formula is C14H10ClN3O. The molecule has 0 saturated heterocycles. The van der Waals surface area contributed by atoms with Gasteiger partial charge in [0.2, 0.25) is 0 Å². The largest absolute Gasteiger partial charge is 0.274 e. The van der Waals surface area contributed by atoms with Gasteiger partial charge in [-0.1, -0.05) is 35.9 Å². The molecule has 0 saturated carbocycles. The summed E-state index contributed by atoms with van der Waals surface area (Å²) >= 11 is 5.73. The molecular weight excluding hydrogens is 262 g/mol. The van der Waals surface area contributed by atoms with E-state index in [9.17, 15) is 4.79 Å². The van der Waals surface area contributed by atoms with E-state index in [4.69, 9.17) is 11.6 Å². The van der Waals surface area contributed by atoms with Crippen molar-refractivity contribution in [1.29, 1.82) is 0 Å². The smallest absolute Gasteiger partial charge is 0.267 e. The Morgan fingerprint density at radius 2 is 1.95 bits per heavy atom. The highest BCUT2D eigenvalue weighted by Crippen LogP contribution is 2.08. The Kier molecular flexibility index (Phi) is 3.01. The third-order valence-corrected chi connectivity index (χ3v) is 3.11. The van der Waals surface area contributed by atoms with Crippen LogP contribution in [0.3, 0.4) is 0 Å². The zero-order chi connectivity index (χ0) is 13.2. The fourth-order valence-corrected chi connectivity index (χ4v) is 2.03. The molecule has 19 heavy (non-hydrogen) atoms. The van der Waals surface area contributed by atoms with Crippen molar-refractivity contribution in [2.24, 2.45) is 0 Å². The van der Waals surface area contributed by atoms with Crippen LogP contribution in [-0.2, 0) is 6.54 Å². The minimum atomic E-state index is -0.104. The van der Waals surface area contributed by atoms with Crippen molar-refractivity contribution in [1.82, 2.24) is 14.8 Å². The van der Waals surface area contributed by atoms with Crippen molar-refractivity contribution in [3.05, 3.63) is 69.9 Å². The van der Waals surface area contributed by atoms with Crippen molar-refractivity contribution in [3.8, 4) is 0 Å². The molecule has 2 aromatic heterocycles. The Morgan fingerprint density at radius 1 is 1.11 bits per heavy atom. The Balaban J connectivity index is 2.04. The van der Waals surface area contributed by atoms with Gasteiger partial charge in [-0.3, -0.25) is 4.79 Å². The van der Waals surface area contributed by atoms with Gasteiger partial charge in [0, 0.05) is 11.6 Å². The molecule has 1 aromatic carbocycles. The van der Waals surface area contributed by atoms with Crippen LogP contribution < -0.4 is 5.56 Å². The highest BCUT2D eigenvalue weighted by atomic mass is 35.5. The fraction of sp³-hybridized carbons (Fsp3) is 0.0714. The molecule has 3 rings (SSSR count). The van der Waals surface area contributed by atoms with E-state index in [1.54, 1.807) is 24.5 Å². The Hall–Kier alpha value is -2.20. The van der Waals surface area contributed by atoms with Crippen molar-refractivity contribution in [2.75, 3.05) is 0 Å². The number of nitrogens with zero attached hydrogens (tertiary/aromatic N) is 3. The first-order valence-electron chi connectivity index (χ1n) is 5.79. The van der Waals surface area contributed by atoms with Gasteiger partial charge in [0.15, 0.2) is 0 Å². The average molecular weight is 272 g/mol. The van der Waals surface area contributed by atoms with Crippen LogP contribution in [0, 0.1) is 0 Å². The standard InChI is InChI=1S/C14H10ClN3O/c15-13-6-5-10(7-16-13)9-18-14(19)12-4-2-1-3-11(12)8-17-18/h1-8H,9H2. The normalized spacial score (nSPS) is 10.8. The fourth-order valence-electron chi connectivity index (χ4n) is 1.91. The lowest BCUT2D eigenvalue weighted by atomic mass is 10.2. The first-order valence-corrected chi connectivity index (χ1v) is 6.17. The summed E-state index contributed by atoms with van der Waals surface area (Å²) in [5, 5.41) is 6.11. The average Bonchev–Trinajstić information content (AvgIpc) is 2.45. The molecule has 0 aliphatic heterocycles. The maximum Gasteiger partial charge on any atom is 0.274 e. The van der Waals surface area contributed by atoms with Gasteiger partial charge in [0.1, 0.15) is 5.15 Å². The van der Waals surface area contributed by atoms with Crippen molar-refractivity contribution in [3.63, 3.8) is 0 Å². The van der Waals surface area contributed by atoms with E-state index in [-0.39, 0.29) is 5.56 Å². The Morgan fingerprint density at radius 3 is 2.74 bits per heavy atom. The molecule has 0 unspecified atom stereocenters. The van der Waals surface area contributed by atoms with E-state index in [2.05, 4.69) is 10.1 Å². The van der Waals surface area contributed by atoms with Crippen LogP contribution in [-0.4, -0.2) is 14.8 Å². The number of rotatable bonds is 2. The number of hydrogen-bond acceptors (Lipinski definition) is 3. The number of pyridine rings is 1. The quantitative estimate of drug-likeness (QED) is 0.673. The van der Waals surface area contributed by atoms with Crippen molar-refractivity contribution >= 4 is 22.4 Å². The van der Waals surface area contributed by atoms with Gasteiger partial charge < -0.3 is 0 Å². The van der Waals surface area contributed by atoms with Crippen LogP contribution in [0.2, 0.25) is 5.15 Å². The summed E-state index contributed by atoms with van der Waals surface area (Å²) in [5.41, 5.74) is 0.780. The molecule has 0 amide bonds. The minimum Gasteiger partial charge on any atom is -0.267 e. The maximum atomic E-state index is 12.3. The van der Waals surface area contributed by atoms with E-state index >= 15 is 0 Å². The zero-order valence-corrected chi connectivity index (χ0v) is 10.7. The highest BCUT2D eigenvalue weighted by Gasteiger charge is 2.04. The second-order valence-corrected chi connectivity index (χ2v) is 4.57.